The van der Waals surface area contributed by atoms with Crippen molar-refractivity contribution in [2.24, 2.45) is 5.41 Å². The van der Waals surface area contributed by atoms with Crippen molar-refractivity contribution >= 4 is 27.9 Å². The van der Waals surface area contributed by atoms with Gasteiger partial charge in [-0.3, -0.25) is 4.68 Å². The first-order valence-electron chi connectivity index (χ1n) is 12.6. The normalized spacial score (nSPS) is 20.2. The summed E-state index contributed by atoms with van der Waals surface area (Å²) in [6.45, 7) is 8.45. The monoisotopic (exact) mass is 491 g/mol. The van der Waals surface area contributed by atoms with Gasteiger partial charge in [0.25, 0.3) is 0 Å². The van der Waals surface area contributed by atoms with Gasteiger partial charge in [-0.25, -0.2) is 14.6 Å². The average molecular weight is 492 g/mol. The molecule has 0 bridgehead atoms. The Morgan fingerprint density at radius 2 is 1.94 bits per heavy atom. The van der Waals surface area contributed by atoms with Gasteiger partial charge in [-0.2, -0.15) is 10.2 Å². The number of piperidine rings is 1. The Kier molecular flexibility index (Phi) is 5.51. The number of aromatic nitrogens is 6. The number of fused-ring (bicyclic) bond motifs is 2. The lowest BCUT2D eigenvalue weighted by Gasteiger charge is -2.39. The number of benzene rings is 1. The molecule has 1 atom stereocenters. The number of ether oxygens (including phenoxy) is 1. The van der Waals surface area contributed by atoms with Crippen LogP contribution in [0, 0.1) is 5.41 Å². The van der Waals surface area contributed by atoms with E-state index in [9.17, 15) is 10.2 Å². The smallest absolute Gasteiger partial charge is 0.182 e. The topological polar surface area (TPSA) is 114 Å². The Labute approximate surface area is 209 Å². The zero-order valence-corrected chi connectivity index (χ0v) is 21.1. The zero-order chi connectivity index (χ0) is 25.1. The molecular weight excluding hydrogens is 458 g/mol. The molecular formula is C26H33N7O3. The summed E-state index contributed by atoms with van der Waals surface area (Å²) < 4.78 is 9.41. The number of anilines is 1. The van der Waals surface area contributed by atoms with E-state index in [1.54, 1.807) is 35.6 Å². The maximum atomic E-state index is 10.3. The fraction of sp³-hybridized carbons (Fsp3) is 0.538. The lowest BCUT2D eigenvalue weighted by molar-refractivity contribution is 0.0591. The Hall–Kier alpha value is -3.08. The summed E-state index contributed by atoms with van der Waals surface area (Å²) in [7, 11) is 0. The summed E-state index contributed by atoms with van der Waals surface area (Å²) >= 11 is 0. The first-order valence-corrected chi connectivity index (χ1v) is 12.6. The molecule has 2 aliphatic rings. The van der Waals surface area contributed by atoms with E-state index in [1.807, 2.05) is 18.2 Å². The molecule has 0 saturated carbocycles. The molecule has 0 radical (unpaired) electrons. The van der Waals surface area contributed by atoms with Crippen molar-refractivity contribution < 1.29 is 14.9 Å². The molecule has 5 heterocycles. The molecule has 0 aliphatic carbocycles. The minimum absolute atomic E-state index is 0.192. The Bertz CT molecular complexity index is 1410. The molecule has 4 aromatic rings. The van der Waals surface area contributed by atoms with Crippen molar-refractivity contribution in [3.63, 3.8) is 0 Å². The van der Waals surface area contributed by atoms with Crippen LogP contribution >= 0.6 is 0 Å². The van der Waals surface area contributed by atoms with Crippen LogP contribution in [0.15, 0.2) is 30.6 Å². The van der Waals surface area contributed by atoms with Crippen molar-refractivity contribution in [2.75, 3.05) is 24.6 Å². The van der Waals surface area contributed by atoms with Gasteiger partial charge in [0.1, 0.15) is 11.2 Å². The molecule has 2 saturated heterocycles. The van der Waals surface area contributed by atoms with E-state index in [-0.39, 0.29) is 12.0 Å². The second-order valence-corrected chi connectivity index (χ2v) is 11.1. The zero-order valence-electron chi connectivity index (χ0n) is 21.1. The van der Waals surface area contributed by atoms with Crippen LogP contribution in [0.1, 0.15) is 45.7 Å². The van der Waals surface area contributed by atoms with E-state index in [4.69, 9.17) is 14.7 Å². The second kappa shape index (κ2) is 8.50. The van der Waals surface area contributed by atoms with Crippen LogP contribution < -0.4 is 4.90 Å². The minimum Gasteiger partial charge on any atom is -0.390 e. The number of nitrogens with zero attached hydrogens (tertiary/aromatic N) is 7. The van der Waals surface area contributed by atoms with Gasteiger partial charge in [0, 0.05) is 18.5 Å². The molecule has 1 aromatic carbocycles. The molecule has 190 valence electrons. The standard InChI is InChI=1S/C26H33N7O3/c1-17-11-26(16-36-17)6-8-31(9-7-26)23-21(14-34)30-24-20(29-23)13-28-33(24)19-5-4-18-12-27-32(22(18)10-19)15-25(2,3)35/h4-5,10,12-13,17,34-35H,6-9,11,14-16H2,1-3H3/t17-/m0/s1. The predicted molar refractivity (Wildman–Crippen MR) is 136 cm³/mol. The average Bonchev–Trinajstić information content (AvgIpc) is 3.54. The van der Waals surface area contributed by atoms with Crippen LogP contribution in [-0.2, 0) is 17.9 Å². The Balaban J connectivity index is 1.33. The largest absolute Gasteiger partial charge is 0.390 e. The van der Waals surface area contributed by atoms with E-state index >= 15 is 0 Å². The van der Waals surface area contributed by atoms with Gasteiger partial charge in [-0.1, -0.05) is 0 Å². The molecule has 0 amide bonds. The SMILES string of the molecule is C[C@H]1CC2(CCN(c3nc4cnn(-c5ccc6cnn(CC(C)(C)O)c6c5)c4nc3CO)CC2)CO1. The summed E-state index contributed by atoms with van der Waals surface area (Å²) in [5.41, 5.74) is 2.95. The van der Waals surface area contributed by atoms with Crippen molar-refractivity contribution in [1.82, 2.24) is 29.5 Å². The highest BCUT2D eigenvalue weighted by molar-refractivity contribution is 5.82. The minimum atomic E-state index is -0.887. The van der Waals surface area contributed by atoms with Gasteiger partial charge in [0.05, 0.1) is 55.1 Å². The van der Waals surface area contributed by atoms with Crippen LogP contribution in [0.4, 0.5) is 5.82 Å². The lowest BCUT2D eigenvalue weighted by Crippen LogP contribution is -2.41. The molecule has 2 aliphatic heterocycles. The number of hydrogen-bond donors (Lipinski definition) is 2. The maximum Gasteiger partial charge on any atom is 0.182 e. The molecule has 6 rings (SSSR count). The van der Waals surface area contributed by atoms with Crippen LogP contribution in [0.5, 0.6) is 0 Å². The summed E-state index contributed by atoms with van der Waals surface area (Å²) in [6, 6.07) is 5.94. The number of rotatable bonds is 5. The van der Waals surface area contributed by atoms with Crippen molar-refractivity contribution in [2.45, 2.75) is 64.9 Å². The Morgan fingerprint density at radius 1 is 1.14 bits per heavy atom. The molecule has 3 aromatic heterocycles. The summed E-state index contributed by atoms with van der Waals surface area (Å²) in [4.78, 5) is 12.0. The number of aliphatic hydroxyl groups excluding tert-OH is 1. The van der Waals surface area contributed by atoms with E-state index in [0.717, 1.165) is 61.4 Å². The van der Waals surface area contributed by atoms with E-state index in [2.05, 4.69) is 22.0 Å². The highest BCUT2D eigenvalue weighted by Gasteiger charge is 2.41. The lowest BCUT2D eigenvalue weighted by atomic mass is 9.77. The quantitative estimate of drug-likeness (QED) is 0.438. The molecule has 1 spiro atoms. The van der Waals surface area contributed by atoms with Gasteiger partial charge in [-0.05, 0) is 63.6 Å². The van der Waals surface area contributed by atoms with Crippen LogP contribution in [0.25, 0.3) is 27.8 Å². The third-order valence-electron chi connectivity index (χ3n) is 7.53. The highest BCUT2D eigenvalue weighted by Crippen LogP contribution is 2.42. The summed E-state index contributed by atoms with van der Waals surface area (Å²) in [6.07, 6.45) is 7.08. The van der Waals surface area contributed by atoms with Gasteiger partial charge in [-0.15, -0.1) is 0 Å². The molecule has 10 nitrogen and oxygen atoms in total. The highest BCUT2D eigenvalue weighted by atomic mass is 16.5. The number of hydrogen-bond acceptors (Lipinski definition) is 8. The molecule has 0 unspecified atom stereocenters. The first kappa shape index (κ1) is 23.3. The van der Waals surface area contributed by atoms with Gasteiger partial charge >= 0.3 is 0 Å². The fourth-order valence-corrected chi connectivity index (χ4v) is 5.69. The number of aliphatic hydroxyl groups is 2. The van der Waals surface area contributed by atoms with Crippen LogP contribution in [0.2, 0.25) is 0 Å². The van der Waals surface area contributed by atoms with Gasteiger partial charge < -0.3 is 19.8 Å². The second-order valence-electron chi connectivity index (χ2n) is 11.1. The summed E-state index contributed by atoms with van der Waals surface area (Å²) in [5, 5.41) is 30.5. The van der Waals surface area contributed by atoms with Gasteiger partial charge in [0.15, 0.2) is 11.5 Å². The predicted octanol–water partition coefficient (Wildman–Crippen LogP) is 2.82. The molecule has 36 heavy (non-hydrogen) atoms. The third kappa shape index (κ3) is 4.12. The molecule has 10 heteroatoms. The first-order chi connectivity index (χ1) is 17.2. The Morgan fingerprint density at radius 3 is 2.64 bits per heavy atom. The summed E-state index contributed by atoms with van der Waals surface area (Å²) in [5.74, 6) is 0.741. The van der Waals surface area contributed by atoms with Crippen LogP contribution in [0.3, 0.4) is 0 Å². The van der Waals surface area contributed by atoms with Crippen LogP contribution in [-0.4, -0.2) is 71.1 Å². The fourth-order valence-electron chi connectivity index (χ4n) is 5.69. The molecule has 2 fully saturated rings. The van der Waals surface area contributed by atoms with Crippen molar-refractivity contribution in [3.05, 3.63) is 36.3 Å². The van der Waals surface area contributed by atoms with E-state index in [0.29, 0.717) is 29.5 Å². The van der Waals surface area contributed by atoms with Crippen molar-refractivity contribution in [1.29, 1.82) is 0 Å². The van der Waals surface area contributed by atoms with E-state index < -0.39 is 5.60 Å². The molecule has 2 N–H and O–H groups in total. The third-order valence-corrected chi connectivity index (χ3v) is 7.53. The van der Waals surface area contributed by atoms with Gasteiger partial charge in [0.2, 0.25) is 0 Å². The van der Waals surface area contributed by atoms with Crippen molar-refractivity contribution in [3.8, 4) is 5.69 Å². The van der Waals surface area contributed by atoms with E-state index in [1.165, 1.54) is 0 Å². The maximum absolute atomic E-state index is 10.3.